The zero-order valence-electron chi connectivity index (χ0n) is 33.2. The molecule has 0 spiro atoms. The lowest BCUT2D eigenvalue weighted by Gasteiger charge is -2.23. The van der Waals surface area contributed by atoms with Crippen molar-refractivity contribution in [2.75, 3.05) is 0 Å². The molecule has 1 aliphatic heterocycles. The molecule has 1 atom stereocenters. The highest BCUT2D eigenvalue weighted by atomic mass is 15.2. The Balaban J connectivity index is 0.938. The maximum atomic E-state index is 5.05. The van der Waals surface area contributed by atoms with Crippen molar-refractivity contribution in [2.45, 2.75) is 6.17 Å². The van der Waals surface area contributed by atoms with Crippen molar-refractivity contribution in [3.05, 3.63) is 235 Å². The van der Waals surface area contributed by atoms with Gasteiger partial charge in [0.15, 0.2) is 5.84 Å². The van der Waals surface area contributed by atoms with Crippen LogP contribution in [0.15, 0.2) is 228 Å². The minimum absolute atomic E-state index is 0.249. The van der Waals surface area contributed by atoms with Gasteiger partial charge in [-0.3, -0.25) is 0 Å². The van der Waals surface area contributed by atoms with Gasteiger partial charge in [0.2, 0.25) is 0 Å². The van der Waals surface area contributed by atoms with Crippen LogP contribution in [0.25, 0.3) is 82.1 Å². The summed E-state index contributed by atoms with van der Waals surface area (Å²) in [5.74, 6) is 1.52. The van der Waals surface area contributed by atoms with E-state index >= 15 is 0 Å². The smallest absolute Gasteiger partial charge is 0.159 e. The molecular weight excluding hydrogens is 741 g/mol. The summed E-state index contributed by atoms with van der Waals surface area (Å²) in [7, 11) is 0. The first-order chi connectivity index (χ1) is 30.2. The van der Waals surface area contributed by atoms with E-state index in [1.807, 2.05) is 24.3 Å². The minimum Gasteiger partial charge on any atom is -0.344 e. The number of aliphatic imine (C=N–C) groups is 2. The molecule has 0 saturated heterocycles. The number of fused-ring (bicyclic) bond motifs is 7. The third kappa shape index (κ3) is 6.08. The molecule has 0 amide bonds. The van der Waals surface area contributed by atoms with Crippen LogP contribution in [0.4, 0.5) is 0 Å². The Hall–Kier alpha value is -8.08. The van der Waals surface area contributed by atoms with Gasteiger partial charge in [-0.1, -0.05) is 164 Å². The molecule has 10 aromatic carbocycles. The van der Waals surface area contributed by atoms with Crippen LogP contribution in [0.2, 0.25) is 0 Å². The van der Waals surface area contributed by atoms with Crippen LogP contribution in [0, 0.1) is 0 Å². The Bertz CT molecular complexity index is 3540. The summed E-state index contributed by atoms with van der Waals surface area (Å²) in [6.07, 6.45) is -0.249. The lowest BCUT2D eigenvalue weighted by Crippen LogP contribution is -2.33. The van der Waals surface area contributed by atoms with Gasteiger partial charge in [-0.05, 0) is 115 Å². The zero-order valence-corrected chi connectivity index (χ0v) is 33.2. The number of amidine groups is 2. The highest BCUT2D eigenvalue weighted by Crippen LogP contribution is 2.39. The van der Waals surface area contributed by atoms with Crippen LogP contribution in [0.3, 0.4) is 0 Å². The fourth-order valence-electron chi connectivity index (χ4n) is 9.20. The molecule has 0 radical (unpaired) electrons. The van der Waals surface area contributed by atoms with Crippen LogP contribution in [-0.4, -0.2) is 16.2 Å². The standard InChI is InChI=1S/C57H38N4/c1-3-13-40(14-4-1)55-58-56(41-15-5-2-6-16-41)60-57(59-55)42-28-31-47(32-29-42)61-52-21-10-9-19-50(52)54-51-36-44(26-24-39(51)30-33-53(54)61)43-25-22-37-23-27-45(35-46(37)34-43)49-20-11-17-38-12-7-8-18-48(38)49/h1-36,55H,(H,58,59,60). The van der Waals surface area contributed by atoms with Gasteiger partial charge in [-0.15, -0.1) is 0 Å². The maximum absolute atomic E-state index is 5.05. The molecule has 12 rings (SSSR count). The van der Waals surface area contributed by atoms with Crippen LogP contribution in [-0.2, 0) is 0 Å². The number of nitrogens with zero attached hydrogens (tertiary/aromatic N) is 3. The van der Waals surface area contributed by atoms with Crippen molar-refractivity contribution in [2.24, 2.45) is 9.98 Å². The average molecular weight is 779 g/mol. The topological polar surface area (TPSA) is 41.7 Å². The Kier molecular flexibility index (Phi) is 8.20. The lowest BCUT2D eigenvalue weighted by molar-refractivity contribution is 0.674. The fraction of sp³-hybridized carbons (Fsp3) is 0.0175. The van der Waals surface area contributed by atoms with E-state index < -0.39 is 0 Å². The Labute approximate surface area is 353 Å². The number of hydrogen-bond acceptors (Lipinski definition) is 3. The SMILES string of the molecule is c1ccc(C2=NC(c3ccccc3)NC(c3ccc(-n4c5ccccc5c5c6cc(-c7ccc8ccc(-c9cccc%10ccccc9%10)cc8c7)ccc6ccc54)cc3)=N2)cc1. The average Bonchev–Trinajstić information content (AvgIpc) is 3.68. The third-order valence-corrected chi connectivity index (χ3v) is 12.2. The molecule has 1 aromatic heterocycles. The summed E-state index contributed by atoms with van der Waals surface area (Å²) in [5.41, 5.74) is 11.4. The van der Waals surface area contributed by atoms with Crippen LogP contribution in [0.5, 0.6) is 0 Å². The van der Waals surface area contributed by atoms with Crippen molar-refractivity contribution in [3.63, 3.8) is 0 Å². The summed E-state index contributed by atoms with van der Waals surface area (Å²) in [4.78, 5) is 10.1. The van der Waals surface area contributed by atoms with Crippen molar-refractivity contribution in [1.82, 2.24) is 9.88 Å². The molecule has 0 aliphatic carbocycles. The maximum Gasteiger partial charge on any atom is 0.159 e. The van der Waals surface area contributed by atoms with Crippen LogP contribution in [0.1, 0.15) is 22.9 Å². The van der Waals surface area contributed by atoms with Crippen molar-refractivity contribution in [3.8, 4) is 27.9 Å². The predicted molar refractivity (Wildman–Crippen MR) is 256 cm³/mol. The number of hydrogen-bond donors (Lipinski definition) is 1. The molecular formula is C57H38N4. The second-order valence-electron chi connectivity index (χ2n) is 15.8. The van der Waals surface area contributed by atoms with E-state index in [0.717, 1.165) is 34.0 Å². The molecule has 61 heavy (non-hydrogen) atoms. The fourth-order valence-corrected chi connectivity index (χ4v) is 9.20. The molecule has 0 fully saturated rings. The van der Waals surface area contributed by atoms with E-state index in [9.17, 15) is 0 Å². The molecule has 286 valence electrons. The third-order valence-electron chi connectivity index (χ3n) is 12.2. The van der Waals surface area contributed by atoms with Gasteiger partial charge in [0.05, 0.1) is 11.0 Å². The van der Waals surface area contributed by atoms with Gasteiger partial charge in [0.25, 0.3) is 0 Å². The molecule has 2 heterocycles. The molecule has 0 saturated carbocycles. The first-order valence-electron chi connectivity index (χ1n) is 20.8. The molecule has 4 nitrogen and oxygen atoms in total. The van der Waals surface area contributed by atoms with E-state index in [2.05, 4.69) is 204 Å². The molecule has 1 unspecified atom stereocenters. The van der Waals surface area contributed by atoms with E-state index in [4.69, 9.17) is 9.98 Å². The quantitative estimate of drug-likeness (QED) is 0.179. The van der Waals surface area contributed by atoms with Crippen molar-refractivity contribution >= 4 is 65.8 Å². The van der Waals surface area contributed by atoms with Gasteiger partial charge < -0.3 is 9.88 Å². The van der Waals surface area contributed by atoms with E-state index in [0.29, 0.717) is 0 Å². The summed E-state index contributed by atoms with van der Waals surface area (Å²) in [6, 6.07) is 78.4. The molecule has 1 aliphatic rings. The van der Waals surface area contributed by atoms with Gasteiger partial charge in [-0.25, -0.2) is 9.98 Å². The summed E-state index contributed by atoms with van der Waals surface area (Å²) in [6.45, 7) is 0. The Morgan fingerprint density at radius 1 is 0.393 bits per heavy atom. The summed E-state index contributed by atoms with van der Waals surface area (Å²) in [5, 5.41) is 13.6. The van der Waals surface area contributed by atoms with Crippen LogP contribution >= 0.6 is 0 Å². The zero-order chi connectivity index (χ0) is 40.3. The Morgan fingerprint density at radius 2 is 1.02 bits per heavy atom. The molecule has 4 heteroatoms. The second-order valence-corrected chi connectivity index (χ2v) is 15.8. The lowest BCUT2D eigenvalue weighted by atomic mass is 9.94. The number of rotatable bonds is 6. The summed E-state index contributed by atoms with van der Waals surface area (Å²) < 4.78 is 2.39. The van der Waals surface area contributed by atoms with Crippen LogP contribution < -0.4 is 5.32 Å². The van der Waals surface area contributed by atoms with E-state index in [1.165, 1.54) is 76.4 Å². The monoisotopic (exact) mass is 778 g/mol. The van der Waals surface area contributed by atoms with E-state index in [1.54, 1.807) is 0 Å². The van der Waals surface area contributed by atoms with E-state index in [-0.39, 0.29) is 6.17 Å². The number of aromatic nitrogens is 1. The first-order valence-corrected chi connectivity index (χ1v) is 20.8. The first kappa shape index (κ1) is 34.9. The summed E-state index contributed by atoms with van der Waals surface area (Å²) >= 11 is 0. The second kappa shape index (κ2) is 14.3. The van der Waals surface area contributed by atoms with Gasteiger partial charge in [-0.2, -0.15) is 0 Å². The number of benzene rings is 10. The normalized spacial score (nSPS) is 14.1. The van der Waals surface area contributed by atoms with Crippen molar-refractivity contribution in [1.29, 1.82) is 0 Å². The van der Waals surface area contributed by atoms with Gasteiger partial charge >= 0.3 is 0 Å². The minimum atomic E-state index is -0.249. The molecule has 0 bridgehead atoms. The highest BCUT2D eigenvalue weighted by molar-refractivity contribution is 6.22. The molecule has 11 aromatic rings. The predicted octanol–water partition coefficient (Wildman–Crippen LogP) is 14.1. The number of para-hydroxylation sites is 1. The van der Waals surface area contributed by atoms with Crippen molar-refractivity contribution < 1.29 is 0 Å². The number of nitrogens with one attached hydrogen (secondary N) is 1. The Morgan fingerprint density at radius 3 is 1.85 bits per heavy atom. The van der Waals surface area contributed by atoms with Gasteiger partial charge in [0, 0.05) is 27.6 Å². The highest BCUT2D eigenvalue weighted by Gasteiger charge is 2.22. The van der Waals surface area contributed by atoms with Gasteiger partial charge in [0.1, 0.15) is 12.0 Å². The molecule has 1 N–H and O–H groups in total. The largest absolute Gasteiger partial charge is 0.344 e.